The maximum absolute atomic E-state index is 12.7. The molecule has 1 unspecified atom stereocenters. The molecule has 0 saturated carbocycles. The zero-order chi connectivity index (χ0) is 22.7. The Bertz CT molecular complexity index is 1140. The van der Waals surface area contributed by atoms with Crippen LogP contribution < -0.4 is 10.1 Å². The summed E-state index contributed by atoms with van der Waals surface area (Å²) in [4.78, 5) is 17.4. The average Bonchev–Trinajstić information content (AvgIpc) is 3.19. The van der Waals surface area contributed by atoms with Gasteiger partial charge in [0.05, 0.1) is 18.8 Å². The van der Waals surface area contributed by atoms with Crippen molar-refractivity contribution in [1.29, 1.82) is 0 Å². The molecule has 0 aliphatic carbocycles. The Balaban J connectivity index is 1.71. The number of nitrogens with one attached hydrogen (secondary N) is 1. The number of hydrogen-bond donors (Lipinski definition) is 1. The molecule has 2 heterocycles. The highest BCUT2D eigenvalue weighted by molar-refractivity contribution is 7.98. The van der Waals surface area contributed by atoms with Crippen LogP contribution in [0.5, 0.6) is 5.75 Å². The Morgan fingerprint density at radius 1 is 1.19 bits per heavy atom. The Hall–Kier alpha value is -3.26. The van der Waals surface area contributed by atoms with Gasteiger partial charge in [-0.2, -0.15) is 4.98 Å². The van der Waals surface area contributed by atoms with E-state index >= 15 is 0 Å². The van der Waals surface area contributed by atoms with Crippen molar-refractivity contribution in [3.05, 3.63) is 77.0 Å². The molecule has 0 bridgehead atoms. The molecule has 0 spiro atoms. The van der Waals surface area contributed by atoms with E-state index in [-0.39, 0.29) is 6.10 Å². The lowest BCUT2D eigenvalue weighted by Crippen LogP contribution is -2.29. The van der Waals surface area contributed by atoms with Crippen LogP contribution in [0.4, 0.5) is 5.95 Å². The summed E-state index contributed by atoms with van der Waals surface area (Å²) in [6.07, 6.45) is 0.0403. The molecule has 32 heavy (non-hydrogen) atoms. The number of ether oxygens (including phenoxy) is 2. The summed E-state index contributed by atoms with van der Waals surface area (Å²) < 4.78 is 12.7. The summed E-state index contributed by atoms with van der Waals surface area (Å²) >= 11 is 1.55. The second kappa shape index (κ2) is 9.48. The lowest BCUT2D eigenvalue weighted by atomic mass is 9.95. The molecule has 0 amide bonds. The first kappa shape index (κ1) is 22.0. The van der Waals surface area contributed by atoms with Crippen LogP contribution in [0, 0.1) is 0 Å². The van der Waals surface area contributed by atoms with E-state index in [0.29, 0.717) is 22.4 Å². The number of anilines is 1. The van der Waals surface area contributed by atoms with Crippen molar-refractivity contribution in [2.75, 3.05) is 12.4 Å². The first-order valence-corrected chi connectivity index (χ1v) is 11.4. The fourth-order valence-corrected chi connectivity index (χ4v) is 4.41. The van der Waals surface area contributed by atoms with Gasteiger partial charge < -0.3 is 14.8 Å². The van der Waals surface area contributed by atoms with Crippen LogP contribution in [0.1, 0.15) is 37.9 Å². The zero-order valence-corrected chi connectivity index (χ0v) is 19.3. The molecular weight excluding hydrogens is 424 g/mol. The first-order chi connectivity index (χ1) is 15.5. The van der Waals surface area contributed by atoms with Gasteiger partial charge in [0.1, 0.15) is 11.8 Å². The summed E-state index contributed by atoms with van der Waals surface area (Å²) in [5, 5.41) is 8.59. The van der Waals surface area contributed by atoms with E-state index in [1.807, 2.05) is 63.2 Å². The standard InChI is InChI=1S/C24H26N4O3S/c1-15(2)31-19-12-8-11-18(13-19)21-20(22(29)30-4)16(3)25-23-26-24(27-28(21)23)32-14-17-9-6-5-7-10-17/h5-13,15,21H,14H2,1-4H3,(H,25,26,27). The quantitative estimate of drug-likeness (QED) is 0.408. The van der Waals surface area contributed by atoms with Gasteiger partial charge in [-0.3, -0.25) is 0 Å². The molecule has 166 valence electrons. The van der Waals surface area contributed by atoms with Crippen LogP contribution in [0.15, 0.2) is 71.0 Å². The number of allylic oxidation sites excluding steroid dienone is 1. The fourth-order valence-electron chi connectivity index (χ4n) is 3.63. The van der Waals surface area contributed by atoms with Gasteiger partial charge in [-0.25, -0.2) is 9.48 Å². The van der Waals surface area contributed by atoms with Crippen LogP contribution in [0.2, 0.25) is 0 Å². The smallest absolute Gasteiger partial charge is 0.338 e. The molecule has 0 saturated heterocycles. The van der Waals surface area contributed by atoms with E-state index in [0.717, 1.165) is 17.1 Å². The highest BCUT2D eigenvalue weighted by atomic mass is 32.2. The molecule has 8 heteroatoms. The number of methoxy groups -OCH3 is 1. The van der Waals surface area contributed by atoms with Gasteiger partial charge in [0, 0.05) is 11.4 Å². The predicted octanol–water partition coefficient (Wildman–Crippen LogP) is 4.82. The number of rotatable bonds is 7. The van der Waals surface area contributed by atoms with Gasteiger partial charge in [-0.1, -0.05) is 54.2 Å². The maximum Gasteiger partial charge on any atom is 0.338 e. The lowest BCUT2D eigenvalue weighted by Gasteiger charge is -2.28. The molecule has 0 radical (unpaired) electrons. The van der Waals surface area contributed by atoms with Crippen LogP contribution in [-0.4, -0.2) is 33.9 Å². The van der Waals surface area contributed by atoms with E-state index < -0.39 is 12.0 Å². The number of carbonyl (C=O) groups excluding carboxylic acids is 1. The van der Waals surface area contributed by atoms with E-state index in [1.165, 1.54) is 12.7 Å². The minimum atomic E-state index is -0.479. The largest absolute Gasteiger partial charge is 0.491 e. The molecule has 3 aromatic rings. The van der Waals surface area contributed by atoms with Gasteiger partial charge >= 0.3 is 5.97 Å². The molecule has 7 nitrogen and oxygen atoms in total. The van der Waals surface area contributed by atoms with Crippen LogP contribution in [-0.2, 0) is 15.3 Å². The Labute approximate surface area is 191 Å². The van der Waals surface area contributed by atoms with Gasteiger partial charge in [-0.15, -0.1) is 5.10 Å². The molecule has 1 aliphatic heterocycles. The number of fused-ring (bicyclic) bond motifs is 1. The maximum atomic E-state index is 12.7. The third kappa shape index (κ3) is 4.65. The molecule has 4 rings (SSSR count). The topological polar surface area (TPSA) is 78.3 Å². The Kier molecular flexibility index (Phi) is 6.50. The molecule has 2 aromatic carbocycles. The van der Waals surface area contributed by atoms with Crippen LogP contribution >= 0.6 is 11.8 Å². The molecule has 1 N–H and O–H groups in total. The number of hydrogen-bond acceptors (Lipinski definition) is 7. The highest BCUT2D eigenvalue weighted by Gasteiger charge is 2.35. The highest BCUT2D eigenvalue weighted by Crippen LogP contribution is 2.38. The second-order valence-corrected chi connectivity index (χ2v) is 8.68. The predicted molar refractivity (Wildman–Crippen MR) is 125 cm³/mol. The van der Waals surface area contributed by atoms with E-state index in [1.54, 1.807) is 16.4 Å². The van der Waals surface area contributed by atoms with Crippen LogP contribution in [0.3, 0.4) is 0 Å². The average molecular weight is 451 g/mol. The summed E-state index contributed by atoms with van der Waals surface area (Å²) in [6.45, 7) is 5.81. The zero-order valence-electron chi connectivity index (χ0n) is 18.5. The van der Waals surface area contributed by atoms with Gasteiger partial charge in [-0.05, 0) is 44.0 Å². The van der Waals surface area contributed by atoms with E-state index in [4.69, 9.17) is 14.6 Å². The molecule has 1 atom stereocenters. The lowest BCUT2D eigenvalue weighted by molar-refractivity contribution is -0.136. The van der Waals surface area contributed by atoms with E-state index in [9.17, 15) is 4.79 Å². The van der Waals surface area contributed by atoms with Gasteiger partial charge in [0.2, 0.25) is 11.1 Å². The number of benzene rings is 2. The van der Waals surface area contributed by atoms with E-state index in [2.05, 4.69) is 22.4 Å². The third-order valence-electron chi connectivity index (χ3n) is 4.99. The van der Waals surface area contributed by atoms with Gasteiger partial charge in [0.15, 0.2) is 0 Å². The molecule has 1 aromatic heterocycles. The summed E-state index contributed by atoms with van der Waals surface area (Å²) in [5.41, 5.74) is 3.25. The summed E-state index contributed by atoms with van der Waals surface area (Å²) in [6, 6.07) is 17.4. The summed E-state index contributed by atoms with van der Waals surface area (Å²) in [5.74, 6) is 1.67. The Morgan fingerprint density at radius 2 is 1.97 bits per heavy atom. The number of esters is 1. The van der Waals surface area contributed by atoms with Crippen molar-refractivity contribution in [3.63, 3.8) is 0 Å². The second-order valence-electron chi connectivity index (χ2n) is 7.73. The van der Waals surface area contributed by atoms with Crippen molar-refractivity contribution < 1.29 is 14.3 Å². The monoisotopic (exact) mass is 450 g/mol. The minimum Gasteiger partial charge on any atom is -0.491 e. The van der Waals surface area contributed by atoms with Crippen molar-refractivity contribution in [2.24, 2.45) is 0 Å². The Morgan fingerprint density at radius 3 is 2.69 bits per heavy atom. The van der Waals surface area contributed by atoms with Crippen LogP contribution in [0.25, 0.3) is 0 Å². The normalized spacial score (nSPS) is 15.3. The van der Waals surface area contributed by atoms with Crippen molar-refractivity contribution in [3.8, 4) is 5.75 Å². The fraction of sp³-hybridized carbons (Fsp3) is 0.292. The minimum absolute atomic E-state index is 0.0403. The SMILES string of the molecule is COC(=O)C1=C(C)Nc2nc(SCc3ccccc3)nn2C1c1cccc(OC(C)C)c1. The molecule has 0 fully saturated rings. The van der Waals surface area contributed by atoms with Crippen molar-refractivity contribution >= 4 is 23.7 Å². The number of carbonyl (C=O) groups is 1. The summed E-state index contributed by atoms with van der Waals surface area (Å²) in [7, 11) is 1.38. The number of nitrogens with zero attached hydrogens (tertiary/aromatic N) is 3. The number of thioether (sulfide) groups is 1. The van der Waals surface area contributed by atoms with Crippen molar-refractivity contribution in [2.45, 2.75) is 43.8 Å². The first-order valence-electron chi connectivity index (χ1n) is 10.4. The number of aromatic nitrogens is 3. The van der Waals surface area contributed by atoms with Crippen molar-refractivity contribution in [1.82, 2.24) is 14.8 Å². The molecular formula is C24H26N4O3S. The third-order valence-corrected chi connectivity index (χ3v) is 5.90. The molecule has 1 aliphatic rings. The van der Waals surface area contributed by atoms with Gasteiger partial charge in [0.25, 0.3) is 0 Å².